The van der Waals surface area contributed by atoms with Gasteiger partial charge in [-0.2, -0.15) is 0 Å². The highest BCUT2D eigenvalue weighted by Gasteiger charge is 2.26. The summed E-state index contributed by atoms with van der Waals surface area (Å²) in [5.41, 5.74) is 0. The average Bonchev–Trinajstić information content (AvgIpc) is 2.44. The number of nitrogens with one attached hydrogen (secondary N) is 3. The van der Waals surface area contributed by atoms with E-state index >= 15 is 0 Å². The van der Waals surface area contributed by atoms with Crippen molar-refractivity contribution in [1.82, 2.24) is 25.8 Å². The quantitative estimate of drug-likeness (QED) is 0.321. The molecule has 3 N–H and O–H groups in total. The van der Waals surface area contributed by atoms with E-state index in [4.69, 9.17) is 0 Å². The van der Waals surface area contributed by atoms with Crippen LogP contribution in [0.4, 0.5) is 0 Å². The minimum atomic E-state index is -1.19. The molecule has 134 valence electrons. The number of rotatable bonds is 11. The molecule has 0 aromatic rings. The number of carbonyl (C=O) groups excluding carboxylic acids is 3. The lowest BCUT2D eigenvalue weighted by Crippen LogP contribution is -2.55. The summed E-state index contributed by atoms with van der Waals surface area (Å²) in [4.78, 5) is 39.4. The first kappa shape index (κ1) is 21.3. The van der Waals surface area contributed by atoms with Gasteiger partial charge in [0.25, 0.3) is 11.8 Å². The Hall–Kier alpha value is -1.67. The van der Waals surface area contributed by atoms with Gasteiger partial charge in [0.05, 0.1) is 0 Å². The molecule has 0 radical (unpaired) electrons. The summed E-state index contributed by atoms with van der Waals surface area (Å²) in [6.07, 6.45) is 1.55. The van der Waals surface area contributed by atoms with Crippen molar-refractivity contribution in [3.63, 3.8) is 0 Å². The van der Waals surface area contributed by atoms with Crippen molar-refractivity contribution < 1.29 is 14.4 Å². The molecule has 0 unspecified atom stereocenters. The van der Waals surface area contributed by atoms with Crippen molar-refractivity contribution in [1.29, 1.82) is 0 Å². The molecule has 0 aliphatic rings. The van der Waals surface area contributed by atoms with Gasteiger partial charge in [0.15, 0.2) is 6.04 Å². The first-order chi connectivity index (χ1) is 10.7. The van der Waals surface area contributed by atoms with E-state index in [-0.39, 0.29) is 0 Å². The Labute approximate surface area is 139 Å². The van der Waals surface area contributed by atoms with Gasteiger partial charge in [-0.15, -0.1) is 0 Å². The van der Waals surface area contributed by atoms with Gasteiger partial charge in [-0.3, -0.25) is 14.4 Å². The maximum atomic E-state index is 12.1. The largest absolute Gasteiger partial charge is 0.354 e. The third-order valence-corrected chi connectivity index (χ3v) is 3.03. The molecular formula is C15H31N5O3. The summed E-state index contributed by atoms with van der Waals surface area (Å²) in [6, 6.07) is -1.19. The second-order valence-electron chi connectivity index (χ2n) is 6.03. The van der Waals surface area contributed by atoms with E-state index in [1.165, 1.54) is 6.92 Å². The Morgan fingerprint density at radius 2 is 1.22 bits per heavy atom. The molecular weight excluding hydrogens is 298 g/mol. The Morgan fingerprint density at radius 3 is 1.52 bits per heavy atom. The van der Waals surface area contributed by atoms with Crippen molar-refractivity contribution in [3.05, 3.63) is 0 Å². The zero-order valence-electron chi connectivity index (χ0n) is 14.9. The minimum Gasteiger partial charge on any atom is -0.354 e. The van der Waals surface area contributed by atoms with Crippen molar-refractivity contribution in [2.24, 2.45) is 0 Å². The molecule has 0 aromatic heterocycles. The van der Waals surface area contributed by atoms with Crippen LogP contribution in [0.5, 0.6) is 0 Å². The van der Waals surface area contributed by atoms with Crippen LogP contribution >= 0.6 is 0 Å². The fraction of sp³-hybridized carbons (Fsp3) is 0.800. The molecule has 0 atom stereocenters. The molecule has 0 rings (SSSR count). The smallest absolute Gasteiger partial charge is 0.252 e. The van der Waals surface area contributed by atoms with Gasteiger partial charge in [0.2, 0.25) is 5.91 Å². The lowest BCUT2D eigenvalue weighted by Gasteiger charge is -2.18. The predicted molar refractivity (Wildman–Crippen MR) is 90.0 cm³/mol. The summed E-state index contributed by atoms with van der Waals surface area (Å²) in [5.74, 6) is -1.38. The van der Waals surface area contributed by atoms with E-state index in [0.717, 1.165) is 25.9 Å². The summed E-state index contributed by atoms with van der Waals surface area (Å²) in [7, 11) is 7.79. The van der Waals surface area contributed by atoms with Gasteiger partial charge < -0.3 is 25.8 Å². The van der Waals surface area contributed by atoms with Gasteiger partial charge >= 0.3 is 0 Å². The summed E-state index contributed by atoms with van der Waals surface area (Å²) >= 11 is 0. The molecule has 8 heteroatoms. The second-order valence-corrected chi connectivity index (χ2v) is 6.03. The summed E-state index contributed by atoms with van der Waals surface area (Å²) < 4.78 is 0. The van der Waals surface area contributed by atoms with E-state index in [1.807, 2.05) is 38.0 Å². The van der Waals surface area contributed by atoms with E-state index in [1.54, 1.807) is 0 Å². The highest BCUT2D eigenvalue weighted by Crippen LogP contribution is 1.90. The van der Waals surface area contributed by atoms with E-state index in [2.05, 4.69) is 16.0 Å². The molecule has 23 heavy (non-hydrogen) atoms. The average molecular weight is 329 g/mol. The van der Waals surface area contributed by atoms with Crippen LogP contribution in [-0.4, -0.2) is 87.9 Å². The molecule has 0 fully saturated rings. The lowest BCUT2D eigenvalue weighted by molar-refractivity contribution is -0.136. The first-order valence-electron chi connectivity index (χ1n) is 7.86. The maximum Gasteiger partial charge on any atom is 0.252 e. The van der Waals surface area contributed by atoms with E-state index in [9.17, 15) is 14.4 Å². The Balaban J connectivity index is 4.34. The van der Waals surface area contributed by atoms with Crippen molar-refractivity contribution >= 4 is 17.7 Å². The van der Waals surface area contributed by atoms with E-state index in [0.29, 0.717) is 13.1 Å². The van der Waals surface area contributed by atoms with Crippen LogP contribution in [0.1, 0.15) is 19.8 Å². The Bertz CT molecular complexity index is 357. The molecule has 0 saturated heterocycles. The van der Waals surface area contributed by atoms with Crippen molar-refractivity contribution in [3.8, 4) is 0 Å². The molecule has 0 bridgehead atoms. The van der Waals surface area contributed by atoms with Gasteiger partial charge in [0.1, 0.15) is 0 Å². The molecule has 3 amide bonds. The van der Waals surface area contributed by atoms with E-state index < -0.39 is 23.8 Å². The fourth-order valence-corrected chi connectivity index (χ4v) is 1.87. The third kappa shape index (κ3) is 11.5. The molecule has 0 saturated carbocycles. The van der Waals surface area contributed by atoms with Crippen LogP contribution in [0.2, 0.25) is 0 Å². The van der Waals surface area contributed by atoms with Gasteiger partial charge in [0, 0.05) is 20.0 Å². The monoisotopic (exact) mass is 329 g/mol. The number of nitrogens with zero attached hydrogens (tertiary/aromatic N) is 2. The van der Waals surface area contributed by atoms with Crippen LogP contribution in [0.3, 0.4) is 0 Å². The predicted octanol–water partition coefficient (Wildman–Crippen LogP) is -1.37. The molecule has 0 aromatic carbocycles. The van der Waals surface area contributed by atoms with Crippen molar-refractivity contribution in [2.75, 3.05) is 54.4 Å². The van der Waals surface area contributed by atoms with Gasteiger partial charge in [-0.25, -0.2) is 0 Å². The van der Waals surface area contributed by atoms with Crippen LogP contribution in [0.15, 0.2) is 0 Å². The van der Waals surface area contributed by atoms with Gasteiger partial charge in [-0.1, -0.05) is 0 Å². The first-order valence-corrected chi connectivity index (χ1v) is 7.86. The molecule has 0 aliphatic heterocycles. The molecule has 8 nitrogen and oxygen atoms in total. The maximum absolute atomic E-state index is 12.1. The zero-order valence-corrected chi connectivity index (χ0v) is 14.9. The van der Waals surface area contributed by atoms with Gasteiger partial charge in [-0.05, 0) is 54.1 Å². The normalized spacial score (nSPS) is 11.0. The number of hydrogen-bond acceptors (Lipinski definition) is 5. The standard InChI is InChI=1S/C15H31N5O3/c1-12(21)18-13(14(22)16-8-6-10-19(2)3)15(23)17-9-7-11-20(4)5/h13H,6-11H2,1-5H3,(H,16,22)(H,17,23)(H,18,21). The van der Waals surface area contributed by atoms with Crippen LogP contribution < -0.4 is 16.0 Å². The molecule has 0 heterocycles. The second kappa shape index (κ2) is 11.8. The number of amides is 3. The van der Waals surface area contributed by atoms with Crippen LogP contribution in [-0.2, 0) is 14.4 Å². The summed E-state index contributed by atoms with van der Waals surface area (Å²) in [5, 5.41) is 7.76. The Morgan fingerprint density at radius 1 is 0.826 bits per heavy atom. The lowest BCUT2D eigenvalue weighted by atomic mass is 10.2. The van der Waals surface area contributed by atoms with Crippen LogP contribution in [0, 0.1) is 0 Å². The van der Waals surface area contributed by atoms with Crippen molar-refractivity contribution in [2.45, 2.75) is 25.8 Å². The minimum absolute atomic E-state index is 0.415. The highest BCUT2D eigenvalue weighted by atomic mass is 16.2. The van der Waals surface area contributed by atoms with Crippen LogP contribution in [0.25, 0.3) is 0 Å². The Kier molecular flexibility index (Phi) is 11.0. The number of carbonyl (C=O) groups is 3. The third-order valence-electron chi connectivity index (χ3n) is 3.03. The SMILES string of the molecule is CC(=O)NC(C(=O)NCCCN(C)C)C(=O)NCCCN(C)C. The zero-order chi connectivity index (χ0) is 17.8. The highest BCUT2D eigenvalue weighted by molar-refractivity contribution is 6.06. The number of hydrogen-bond donors (Lipinski definition) is 3. The fourth-order valence-electron chi connectivity index (χ4n) is 1.87. The molecule has 0 aliphatic carbocycles. The summed E-state index contributed by atoms with van der Waals surface area (Å²) in [6.45, 7) is 3.87. The topological polar surface area (TPSA) is 93.8 Å². The molecule has 0 spiro atoms.